The molecule has 0 aromatic heterocycles. The molecule has 0 bridgehead atoms. The molecule has 0 saturated carbocycles. The molecule has 0 aromatic rings. The van der Waals surface area contributed by atoms with Crippen molar-refractivity contribution in [2.75, 3.05) is 73.0 Å². The van der Waals surface area contributed by atoms with Gasteiger partial charge in [0, 0.05) is 13.1 Å². The number of alkyl halides is 1. The van der Waals surface area contributed by atoms with E-state index in [1.165, 1.54) is 0 Å². The first-order chi connectivity index (χ1) is 9.10. The molecule has 0 radical (unpaired) electrons. The first-order valence-electron chi connectivity index (χ1n) is 6.88. The molecule has 19 heavy (non-hydrogen) atoms. The van der Waals surface area contributed by atoms with Gasteiger partial charge >= 0.3 is 0 Å². The van der Waals surface area contributed by atoms with E-state index >= 15 is 0 Å². The van der Waals surface area contributed by atoms with Crippen molar-refractivity contribution in [2.24, 2.45) is 5.73 Å². The van der Waals surface area contributed by atoms with Crippen LogP contribution in [0.2, 0.25) is 0 Å². The van der Waals surface area contributed by atoms with Gasteiger partial charge in [0.15, 0.2) is 0 Å². The molecule has 0 spiro atoms. The number of nitrogens with zero attached hydrogens (tertiary/aromatic N) is 2. The molecule has 2 N–H and O–H groups in total. The number of ether oxygens (including phenoxy) is 2. The van der Waals surface area contributed by atoms with E-state index in [2.05, 4.69) is 30.9 Å². The lowest BCUT2D eigenvalue weighted by Gasteiger charge is -2.21. The lowest BCUT2D eigenvalue weighted by molar-refractivity contribution is 0.0503. The summed E-state index contributed by atoms with van der Waals surface area (Å²) in [7, 11) is 6.22. The molecule has 1 atom stereocenters. The Hall–Kier alpha value is 0.0900. The molecule has 2 saturated heterocycles. The first-order valence-corrected chi connectivity index (χ1v) is 7.42. The minimum atomic E-state index is 0.400. The summed E-state index contributed by atoms with van der Waals surface area (Å²) in [5.74, 6) is 0.667. The Morgan fingerprint density at radius 3 is 2.05 bits per heavy atom. The van der Waals surface area contributed by atoms with Crippen LogP contribution in [0, 0.1) is 0 Å². The van der Waals surface area contributed by atoms with Crippen molar-refractivity contribution in [3.05, 3.63) is 0 Å². The average Bonchev–Trinajstić information content (AvgIpc) is 3.22. The Labute approximate surface area is 123 Å². The Bertz CT molecular complexity index is 187. The van der Waals surface area contributed by atoms with Crippen LogP contribution < -0.4 is 5.73 Å². The second kappa shape index (κ2) is 13.1. The third-order valence-electron chi connectivity index (χ3n) is 2.62. The normalized spacial score (nSPS) is 22.1. The van der Waals surface area contributed by atoms with Crippen LogP contribution in [0.3, 0.4) is 0 Å². The smallest absolute Gasteiger partial charge is 0.0944 e. The van der Waals surface area contributed by atoms with Crippen molar-refractivity contribution in [3.8, 4) is 0 Å². The lowest BCUT2D eigenvalue weighted by atomic mass is 10.4. The van der Waals surface area contributed by atoms with Crippen molar-refractivity contribution in [3.63, 3.8) is 0 Å². The summed E-state index contributed by atoms with van der Waals surface area (Å²) >= 11 is 5.27. The first kappa shape index (κ1) is 19.1. The van der Waals surface area contributed by atoms with Gasteiger partial charge in [-0.2, -0.15) is 0 Å². The summed E-state index contributed by atoms with van der Waals surface area (Å²) in [6.45, 7) is 6.81. The fourth-order valence-corrected chi connectivity index (χ4v) is 1.40. The molecule has 2 heterocycles. The van der Waals surface area contributed by atoms with Gasteiger partial charge in [-0.1, -0.05) is 0 Å². The number of likely N-dealkylation sites (N-methyl/N-ethyl adjacent to an activating group) is 1. The van der Waals surface area contributed by atoms with Crippen LogP contribution in [0.5, 0.6) is 0 Å². The second-order valence-electron chi connectivity index (χ2n) is 4.97. The fraction of sp³-hybridized carbons (Fsp3) is 1.00. The number of morpholine rings is 1. The number of hydrogen-bond donors (Lipinski definition) is 1. The summed E-state index contributed by atoms with van der Waals surface area (Å²) in [6.07, 6.45) is 1.50. The lowest BCUT2D eigenvalue weighted by Crippen LogP contribution is -2.32. The van der Waals surface area contributed by atoms with Crippen molar-refractivity contribution < 1.29 is 9.47 Å². The molecule has 2 aliphatic rings. The van der Waals surface area contributed by atoms with Crippen LogP contribution in [0.1, 0.15) is 6.42 Å². The third kappa shape index (κ3) is 16.0. The van der Waals surface area contributed by atoms with Crippen molar-refractivity contribution in [1.82, 2.24) is 9.80 Å². The highest BCUT2D eigenvalue weighted by molar-refractivity contribution is 6.18. The molecule has 5 nitrogen and oxygen atoms in total. The molecular weight excluding hydrogens is 266 g/mol. The zero-order valence-electron chi connectivity index (χ0n) is 12.6. The molecule has 2 aliphatic heterocycles. The van der Waals surface area contributed by atoms with Gasteiger partial charge in [-0.25, -0.2) is 0 Å². The van der Waals surface area contributed by atoms with E-state index in [1.807, 2.05) is 0 Å². The maximum atomic E-state index is 5.27. The minimum Gasteiger partial charge on any atom is -0.379 e. The largest absolute Gasteiger partial charge is 0.379 e. The zero-order chi connectivity index (χ0) is 14.5. The van der Waals surface area contributed by atoms with Gasteiger partial charge in [0.2, 0.25) is 0 Å². The summed E-state index contributed by atoms with van der Waals surface area (Å²) in [6, 6.07) is 0. The van der Waals surface area contributed by atoms with Crippen LogP contribution in [0.4, 0.5) is 0 Å². The van der Waals surface area contributed by atoms with Crippen LogP contribution in [-0.4, -0.2) is 88.9 Å². The van der Waals surface area contributed by atoms with E-state index in [9.17, 15) is 0 Å². The molecule has 0 aromatic carbocycles. The van der Waals surface area contributed by atoms with E-state index in [0.717, 1.165) is 52.4 Å². The van der Waals surface area contributed by atoms with Crippen molar-refractivity contribution >= 4 is 11.6 Å². The predicted molar refractivity (Wildman–Crippen MR) is 81.0 cm³/mol. The molecule has 6 heteroatoms. The Morgan fingerprint density at radius 2 is 1.89 bits per heavy atom. The highest BCUT2D eigenvalue weighted by Crippen LogP contribution is 2.08. The Kier molecular flexibility index (Phi) is 13.2. The van der Waals surface area contributed by atoms with E-state index in [-0.39, 0.29) is 0 Å². The maximum absolute atomic E-state index is 5.27. The highest BCUT2D eigenvalue weighted by Gasteiger charge is 2.19. The van der Waals surface area contributed by atoms with Gasteiger partial charge in [-0.3, -0.25) is 0 Å². The quantitative estimate of drug-likeness (QED) is 0.604. The third-order valence-corrected chi connectivity index (χ3v) is 2.96. The molecule has 0 aliphatic carbocycles. The maximum Gasteiger partial charge on any atom is 0.0944 e. The van der Waals surface area contributed by atoms with Gasteiger partial charge in [-0.05, 0) is 40.7 Å². The molecule has 0 amide bonds. The van der Waals surface area contributed by atoms with Gasteiger partial charge in [0.25, 0.3) is 0 Å². The highest BCUT2D eigenvalue weighted by atomic mass is 35.5. The molecule has 116 valence electrons. The van der Waals surface area contributed by atoms with E-state index in [0.29, 0.717) is 12.0 Å². The SMILES string of the molecule is CN(C)CCCN.CN1CCOCC1.ClCC1CO1. The van der Waals surface area contributed by atoms with Gasteiger partial charge < -0.3 is 25.0 Å². The Balaban J connectivity index is 0.000000259. The van der Waals surface area contributed by atoms with Crippen LogP contribution >= 0.6 is 11.6 Å². The predicted octanol–water partition coefficient (Wildman–Crippen LogP) is 0.469. The molecule has 2 fully saturated rings. The number of halogens is 1. The summed E-state index contributed by atoms with van der Waals surface area (Å²) in [5.41, 5.74) is 5.25. The minimum absolute atomic E-state index is 0.400. The molecule has 2 rings (SSSR count). The van der Waals surface area contributed by atoms with Crippen LogP contribution in [0.25, 0.3) is 0 Å². The summed E-state index contributed by atoms with van der Waals surface area (Å²) < 4.78 is 9.82. The number of hydrogen-bond acceptors (Lipinski definition) is 5. The van der Waals surface area contributed by atoms with Crippen molar-refractivity contribution in [1.29, 1.82) is 0 Å². The summed E-state index contributed by atoms with van der Waals surface area (Å²) in [4.78, 5) is 4.40. The van der Waals surface area contributed by atoms with E-state index < -0.39 is 0 Å². The number of rotatable bonds is 4. The van der Waals surface area contributed by atoms with E-state index in [1.54, 1.807) is 0 Å². The zero-order valence-corrected chi connectivity index (χ0v) is 13.4. The van der Waals surface area contributed by atoms with Gasteiger partial charge in [0.05, 0.1) is 31.8 Å². The van der Waals surface area contributed by atoms with Crippen LogP contribution in [-0.2, 0) is 9.47 Å². The standard InChI is InChI=1S/C5H14N2.C5H11NO.C3H5ClO/c1-7(2)5-3-4-6;1-6-2-4-7-5-3-6;4-1-3-2-5-3/h3-6H2,1-2H3;2-5H2,1H3;3H,1-2H2. The van der Waals surface area contributed by atoms with Gasteiger partial charge in [0.1, 0.15) is 0 Å². The Morgan fingerprint density at radius 1 is 1.32 bits per heavy atom. The topological polar surface area (TPSA) is 54.3 Å². The molecule has 1 unspecified atom stereocenters. The number of epoxide rings is 1. The van der Waals surface area contributed by atoms with Crippen molar-refractivity contribution in [2.45, 2.75) is 12.5 Å². The molecular formula is C13H30ClN3O2. The monoisotopic (exact) mass is 295 g/mol. The summed E-state index contributed by atoms with van der Waals surface area (Å²) in [5, 5.41) is 0. The number of nitrogens with two attached hydrogens (primary N) is 1. The van der Waals surface area contributed by atoms with E-state index in [4.69, 9.17) is 26.8 Å². The van der Waals surface area contributed by atoms with Gasteiger partial charge in [-0.15, -0.1) is 11.6 Å². The van der Waals surface area contributed by atoms with Crippen LogP contribution in [0.15, 0.2) is 0 Å². The average molecular weight is 296 g/mol. The second-order valence-corrected chi connectivity index (χ2v) is 5.28. The fourth-order valence-electron chi connectivity index (χ4n) is 1.22.